The molecule has 9 nitrogen and oxygen atoms in total. The maximum Gasteiger partial charge on any atom is 0.165 e. The number of fused-ring (bicyclic) bond motifs is 8. The van der Waals surface area contributed by atoms with Gasteiger partial charge < -0.3 is 36.5 Å². The molecule has 11 heteroatoms. The number of phenolic OH excluding ortho intramolecular Hbond substituents is 2. The summed E-state index contributed by atoms with van der Waals surface area (Å²) in [7, 11) is 3.53. The van der Waals surface area contributed by atoms with Gasteiger partial charge in [-0.1, -0.05) is 77.1 Å². The molecule has 1 spiro atoms. The Morgan fingerprint density at radius 3 is 2.61 bits per heavy atom. The van der Waals surface area contributed by atoms with Crippen LogP contribution in [0.2, 0.25) is 0 Å². The molecule has 324 valence electrons. The van der Waals surface area contributed by atoms with Gasteiger partial charge in [-0.25, -0.2) is 0 Å². The van der Waals surface area contributed by atoms with E-state index in [4.69, 9.17) is 16.2 Å². The largest absolute Gasteiger partial charge is 0.508 e. The third-order valence-electron chi connectivity index (χ3n) is 14.9. The smallest absolute Gasteiger partial charge is 0.165 e. The topological polar surface area (TPSA) is 172 Å². The minimum atomic E-state index is -0.806. The van der Waals surface area contributed by atoms with Crippen LogP contribution in [0.4, 0.5) is 0 Å². The Kier molecular flexibility index (Phi) is 11.9. The Morgan fingerprint density at radius 1 is 0.968 bits per heavy atom. The number of nitrogens with one attached hydrogen (secondary N) is 1. The van der Waals surface area contributed by atoms with Crippen molar-refractivity contribution in [3.63, 3.8) is 0 Å². The van der Waals surface area contributed by atoms with Crippen LogP contribution in [0.15, 0.2) is 72.9 Å². The number of hydrogen-bond acceptors (Lipinski definition) is 10. The van der Waals surface area contributed by atoms with Crippen LogP contribution in [0.1, 0.15) is 132 Å². The molecule has 0 unspecified atom stereocenters. The number of allylic oxidation sites excluding steroid dienone is 2. The number of phenols is 2. The Balaban J connectivity index is 1.12. The number of benzene rings is 3. The van der Waals surface area contributed by atoms with Crippen LogP contribution in [-0.2, 0) is 29.8 Å². The molecule has 4 aliphatic carbocycles. The van der Waals surface area contributed by atoms with Crippen molar-refractivity contribution in [1.82, 2.24) is 4.98 Å². The molecule has 3 fully saturated rings. The first-order valence-electron chi connectivity index (χ1n) is 22.2. The highest BCUT2D eigenvalue weighted by molar-refractivity contribution is 8.76. The van der Waals surface area contributed by atoms with Crippen LogP contribution in [-0.4, -0.2) is 49.8 Å². The second-order valence-electron chi connectivity index (χ2n) is 18.6. The normalized spacial score (nSPS) is 29.1. The van der Waals surface area contributed by atoms with E-state index in [-0.39, 0.29) is 46.9 Å². The van der Waals surface area contributed by atoms with E-state index in [0.717, 1.165) is 77.8 Å². The third-order valence-corrected chi connectivity index (χ3v) is 17.3. The summed E-state index contributed by atoms with van der Waals surface area (Å²) in [6.45, 7) is 2.49. The fourth-order valence-electron chi connectivity index (χ4n) is 11.9. The Bertz CT molecular complexity index is 2490. The van der Waals surface area contributed by atoms with Crippen LogP contribution in [0.25, 0.3) is 0 Å². The minimum Gasteiger partial charge on any atom is -0.508 e. The number of ether oxygens (including phenoxy) is 1. The maximum atomic E-state index is 14.2. The van der Waals surface area contributed by atoms with Crippen molar-refractivity contribution in [2.45, 2.75) is 107 Å². The quantitative estimate of drug-likeness (QED) is 0.0664. The van der Waals surface area contributed by atoms with Crippen molar-refractivity contribution in [2.75, 3.05) is 12.4 Å². The van der Waals surface area contributed by atoms with Crippen molar-refractivity contribution < 1.29 is 29.6 Å². The number of ketones is 2. The van der Waals surface area contributed by atoms with Crippen LogP contribution in [0, 0.1) is 34.5 Å². The molecule has 6 atom stereocenters. The summed E-state index contributed by atoms with van der Waals surface area (Å²) in [5.41, 5.74) is 18.7. The van der Waals surface area contributed by atoms with Gasteiger partial charge in [0, 0.05) is 70.7 Å². The van der Waals surface area contributed by atoms with Gasteiger partial charge in [0.15, 0.2) is 23.1 Å². The van der Waals surface area contributed by atoms with Gasteiger partial charge in [0.05, 0.1) is 24.8 Å². The van der Waals surface area contributed by atoms with Gasteiger partial charge in [-0.2, -0.15) is 0 Å². The molecule has 0 amide bonds. The number of rotatable bonds is 3. The molecule has 9 rings (SSSR count). The van der Waals surface area contributed by atoms with Crippen molar-refractivity contribution in [2.24, 2.45) is 34.1 Å². The number of hydrogen-bond donors (Lipinski definition) is 6. The fourth-order valence-corrected chi connectivity index (χ4v) is 14.7. The van der Waals surface area contributed by atoms with Crippen molar-refractivity contribution >= 4 is 33.2 Å². The number of H-pyrrole nitrogens is 1. The summed E-state index contributed by atoms with van der Waals surface area (Å²) in [5.74, 6) is 8.88. The monoisotopic (exact) mass is 871 g/mol. The highest BCUT2D eigenvalue weighted by atomic mass is 33.1. The van der Waals surface area contributed by atoms with Crippen LogP contribution in [0.3, 0.4) is 0 Å². The highest BCUT2D eigenvalue weighted by Crippen LogP contribution is 2.73. The lowest BCUT2D eigenvalue weighted by Crippen LogP contribution is -2.52. The van der Waals surface area contributed by atoms with Gasteiger partial charge in [-0.3, -0.25) is 9.59 Å². The number of nitrogens with two attached hydrogens (primary N) is 2. The Labute approximate surface area is 372 Å². The lowest BCUT2D eigenvalue weighted by molar-refractivity contribution is -0.114. The summed E-state index contributed by atoms with van der Waals surface area (Å²) in [4.78, 5) is 31.0. The number of carbonyl (C=O) groups excluding carboxylic acids is 2. The molecular formula is C51H57N3O6S2. The molecule has 1 aromatic heterocycles. The molecule has 1 aliphatic heterocycles. The first-order chi connectivity index (χ1) is 29.9. The van der Waals surface area contributed by atoms with Crippen LogP contribution < -0.4 is 16.2 Å². The molecule has 3 saturated carbocycles. The van der Waals surface area contributed by atoms with E-state index in [1.54, 1.807) is 52.1 Å². The minimum absolute atomic E-state index is 0.0185. The molecule has 4 aromatic rings. The second kappa shape index (κ2) is 17.3. The number of aliphatic hydroxyl groups is 1. The summed E-state index contributed by atoms with van der Waals surface area (Å²) in [6, 6.07) is 16.6. The lowest BCUT2D eigenvalue weighted by atomic mass is 9.53. The third kappa shape index (κ3) is 8.02. The van der Waals surface area contributed by atoms with Gasteiger partial charge in [0.1, 0.15) is 5.75 Å². The van der Waals surface area contributed by atoms with E-state index in [2.05, 4.69) is 35.9 Å². The molecule has 0 radical (unpaired) electrons. The van der Waals surface area contributed by atoms with E-state index in [1.807, 2.05) is 30.3 Å². The van der Waals surface area contributed by atoms with E-state index in [0.29, 0.717) is 72.1 Å². The van der Waals surface area contributed by atoms with Gasteiger partial charge in [-0.15, -0.1) is 0 Å². The molecule has 0 saturated heterocycles. The number of aryl methyl sites for hydroxylation is 1. The highest BCUT2D eigenvalue weighted by Gasteiger charge is 2.70. The standard InChI is InChI=1S/C51H57N3O6S2/c1-2-4-42-34-13-18-51(59)29-49(42)17-14-36(55)10-7-31-9-12-45(57)47(22-31)60-20-16-32-8-11-44(56)41(21-32)40-25-46(58)37-15-19-54-43(37)6-3-5-33-23-39(48(52)53)35(24-38(33)40)27-61-62-30-50(51,26-34)28-49/h8-9,11-12,14-15,17,19,21-24,34,40,42,48,54,56-57,59H,2,4,6-7,10,13,16,18,20,25-30,52-53H2,1H3/b17-14+/t34-,40-,42+,49-,50+,51+/m0/s1. The van der Waals surface area contributed by atoms with Crippen LogP contribution >= 0.6 is 21.6 Å². The first-order valence-corrected chi connectivity index (χ1v) is 24.7. The molecule has 9 bridgehead atoms. The zero-order valence-corrected chi connectivity index (χ0v) is 37.0. The molecule has 3 aromatic carbocycles. The van der Waals surface area contributed by atoms with Crippen LogP contribution in [0.5, 0.6) is 17.2 Å². The van der Waals surface area contributed by atoms with Crippen molar-refractivity contribution in [3.8, 4) is 29.1 Å². The fraction of sp³-hybridized carbons (Fsp3) is 0.451. The first kappa shape index (κ1) is 42.8. The van der Waals surface area contributed by atoms with E-state index in [1.165, 1.54) is 0 Å². The molecular weight excluding hydrogens is 815 g/mol. The Morgan fingerprint density at radius 2 is 1.79 bits per heavy atom. The molecule has 8 N–H and O–H groups in total. The molecule has 62 heavy (non-hydrogen) atoms. The van der Waals surface area contributed by atoms with E-state index >= 15 is 0 Å². The van der Waals surface area contributed by atoms with Gasteiger partial charge in [0.2, 0.25) is 0 Å². The summed E-state index contributed by atoms with van der Waals surface area (Å²) in [5, 5.41) is 35.0. The molecule has 5 aliphatic rings. The number of carbonyl (C=O) groups is 2. The Hall–Kier alpha value is -4.44. The zero-order valence-electron chi connectivity index (χ0n) is 35.4. The summed E-state index contributed by atoms with van der Waals surface area (Å²) >= 11 is 0. The number of aromatic amines is 1. The predicted molar refractivity (Wildman–Crippen MR) is 246 cm³/mol. The molecule has 2 heterocycles. The van der Waals surface area contributed by atoms with E-state index < -0.39 is 17.7 Å². The average Bonchev–Trinajstić information content (AvgIpc) is 3.78. The second-order valence-corrected chi connectivity index (χ2v) is 21.1. The van der Waals surface area contributed by atoms with Gasteiger partial charge in [-0.05, 0) is 126 Å². The number of Topliss-reactive ketones (excluding diaryl/α,β-unsaturated/α-hetero) is 1. The number of aromatic nitrogens is 1. The van der Waals surface area contributed by atoms with Gasteiger partial charge in [0.25, 0.3) is 0 Å². The summed E-state index contributed by atoms with van der Waals surface area (Å²) in [6.07, 6.45) is 13.3. The zero-order chi connectivity index (χ0) is 43.2. The van der Waals surface area contributed by atoms with Gasteiger partial charge >= 0.3 is 0 Å². The maximum absolute atomic E-state index is 14.2. The average molecular weight is 872 g/mol. The van der Waals surface area contributed by atoms with Crippen molar-refractivity contribution in [3.05, 3.63) is 123 Å². The number of aromatic hydroxyl groups is 2. The van der Waals surface area contributed by atoms with E-state index in [9.17, 15) is 24.9 Å². The SMILES string of the molecule is CCC[C@@H]1[C@H]2CC[C@@]3(O)C[C@@]14/C=C/C(=O)CCc1ccc(O)c(c1)OCCc1ccc(O)c(c1)[C@H]1CC(=O)c5cc[nH]c5CC#Cc5cc(C(N)N)c(cc51)CSSC[C@@]3(C2)C4. The van der Waals surface area contributed by atoms with Crippen molar-refractivity contribution in [1.29, 1.82) is 0 Å². The summed E-state index contributed by atoms with van der Waals surface area (Å²) < 4.78 is 6.16. The predicted octanol–water partition coefficient (Wildman–Crippen LogP) is 8.96. The lowest BCUT2D eigenvalue weighted by Gasteiger charge is -2.54.